The first kappa shape index (κ1) is 28.5. The summed E-state index contributed by atoms with van der Waals surface area (Å²) in [6.07, 6.45) is 5.66. The molecule has 3 aromatic heterocycles. The van der Waals surface area contributed by atoms with Gasteiger partial charge in [0.1, 0.15) is 39.7 Å². The molecule has 67 heavy (non-hydrogen) atoms. The van der Waals surface area contributed by atoms with Crippen molar-refractivity contribution >= 4 is 84.6 Å². The summed E-state index contributed by atoms with van der Waals surface area (Å²) >= 11 is 0. The minimum atomic E-state index is -1.09. The van der Waals surface area contributed by atoms with Crippen molar-refractivity contribution < 1.29 is 37.2 Å². The van der Waals surface area contributed by atoms with Gasteiger partial charge in [0.15, 0.2) is 5.75 Å². The molecule has 2 unspecified atom stereocenters. The van der Waals surface area contributed by atoms with Gasteiger partial charge < -0.3 is 27.8 Å². The van der Waals surface area contributed by atoms with E-state index in [4.69, 9.17) is 24.8 Å². The van der Waals surface area contributed by atoms with Crippen LogP contribution in [-0.2, 0) is 27.1 Å². The average Bonchev–Trinajstić information content (AvgIpc) is 2.34. The minimum Gasteiger partial charge on any atom is -0.470 e. The molecule has 6 heterocycles. The van der Waals surface area contributed by atoms with Crippen LogP contribution in [-0.4, -0.2) is 12.3 Å². The molecule has 0 spiro atoms. The van der Waals surface area contributed by atoms with E-state index in [0.717, 1.165) is 49.7 Å². The number of fused-ring (bicyclic) bond motifs is 15. The molecule has 2 atom stereocenters. The Morgan fingerprint density at radius 1 is 0.552 bits per heavy atom. The predicted octanol–water partition coefficient (Wildman–Crippen LogP) is 14.8. The number of nitrogens with zero attached hydrogens (tertiary/aromatic N) is 2. The van der Waals surface area contributed by atoms with Gasteiger partial charge in [-0.3, -0.25) is 0 Å². The normalized spacial score (nSPS) is 27.3. The zero-order valence-electron chi connectivity index (χ0n) is 53.8. The summed E-state index contributed by atoms with van der Waals surface area (Å²) in [4.78, 5) is 3.42. The second-order valence-electron chi connectivity index (χ2n) is 23.3. The Kier molecular flexibility index (Phi) is 5.37. The molecular formula is C60H61BN2O4. The maximum atomic E-state index is 10.9. The van der Waals surface area contributed by atoms with Crippen LogP contribution in [0.2, 0.25) is 0 Å². The van der Waals surface area contributed by atoms with Crippen LogP contribution >= 0.6 is 0 Å². The van der Waals surface area contributed by atoms with Crippen molar-refractivity contribution in [3.63, 3.8) is 0 Å². The van der Waals surface area contributed by atoms with Gasteiger partial charge in [-0.05, 0) is 116 Å². The maximum Gasteiger partial charge on any atom is 0.301 e. The molecule has 0 N–H and O–H groups in total. The molecule has 0 saturated heterocycles. The van der Waals surface area contributed by atoms with Gasteiger partial charge in [-0.1, -0.05) is 111 Å². The summed E-state index contributed by atoms with van der Waals surface area (Å²) in [6, 6.07) is -3.63. The molecule has 5 aromatic carbocycles. The monoisotopic (exact) mass is 899 g/mol. The molecular weight excluding hydrogens is 823 g/mol. The number of para-hydroxylation sites is 2. The van der Waals surface area contributed by atoms with Crippen LogP contribution in [0.15, 0.2) is 104 Å². The van der Waals surface area contributed by atoms with E-state index < -0.39 is 87.7 Å². The lowest BCUT2D eigenvalue weighted by Gasteiger charge is -2.50. The zero-order valence-corrected chi connectivity index (χ0v) is 39.8. The van der Waals surface area contributed by atoms with Gasteiger partial charge in [-0.15, -0.1) is 0 Å². The predicted molar refractivity (Wildman–Crippen MR) is 275 cm³/mol. The van der Waals surface area contributed by atoms with Crippen LogP contribution in [0.5, 0.6) is 11.5 Å². The molecule has 14 rings (SSSR count). The first-order valence-corrected chi connectivity index (χ1v) is 24.0. The molecule has 6 nitrogen and oxygen atoms in total. The Hall–Kier alpha value is -5.82. The fourth-order valence-electron chi connectivity index (χ4n) is 13.3. The summed E-state index contributed by atoms with van der Waals surface area (Å²) in [5.74, 6) is 1.73. The standard InChI is InChI=1S/C60H61BN2O4/c1-55(2)25-27-57(5,6)52-48(55)38-32-42-40(33-46(38)66-52)61-50-43(62(42)34-21-22-45-37(29-34)36-17-11-14-20-44(36)64-45)30-35(63-41-19-13-12-18-39(41)59(9)23-15-16-24-60(59,63)10)31-47(50)65-51-49-53(67-54(51)61)58(7,8)28-26-56(49,3)4/h11-14,17-22,29-33H,15-16,23-28H2,1-10H3/i11D,12D,13D,14D,17D,18D,19D,20D,21D,22D,29D,31D,32D,33D. The van der Waals surface area contributed by atoms with Crippen LogP contribution in [0.25, 0.3) is 32.9 Å². The van der Waals surface area contributed by atoms with Crippen LogP contribution in [0.4, 0.5) is 28.4 Å². The third kappa shape index (κ3) is 5.03. The van der Waals surface area contributed by atoms with Gasteiger partial charge in [0.25, 0.3) is 0 Å². The van der Waals surface area contributed by atoms with Crippen molar-refractivity contribution in [1.82, 2.24) is 0 Å². The molecule has 1 fully saturated rings. The van der Waals surface area contributed by atoms with Crippen LogP contribution in [0.1, 0.15) is 168 Å². The molecule has 0 radical (unpaired) electrons. The Morgan fingerprint density at radius 3 is 2.04 bits per heavy atom. The lowest BCUT2D eigenvalue weighted by Crippen LogP contribution is -2.59. The molecule has 6 aliphatic rings. The van der Waals surface area contributed by atoms with Crippen molar-refractivity contribution in [1.29, 1.82) is 0 Å². The van der Waals surface area contributed by atoms with Gasteiger partial charge in [-0.25, -0.2) is 0 Å². The smallest absolute Gasteiger partial charge is 0.301 e. The number of benzene rings is 5. The van der Waals surface area contributed by atoms with E-state index in [-0.39, 0.29) is 103 Å². The Morgan fingerprint density at radius 2 is 1.24 bits per heavy atom. The van der Waals surface area contributed by atoms with E-state index in [1.165, 1.54) is 4.90 Å². The molecule has 0 amide bonds. The fraction of sp³-hybridized carbons (Fsp3) is 0.400. The largest absolute Gasteiger partial charge is 0.470 e. The van der Waals surface area contributed by atoms with E-state index in [2.05, 4.69) is 55.4 Å². The van der Waals surface area contributed by atoms with Crippen LogP contribution in [0, 0.1) is 0 Å². The number of hydrogen-bond donors (Lipinski definition) is 0. The topological polar surface area (TPSA) is 55.1 Å². The van der Waals surface area contributed by atoms with Crippen molar-refractivity contribution in [2.75, 3.05) is 9.80 Å². The summed E-state index contributed by atoms with van der Waals surface area (Å²) in [5, 5.41) is 0.0353. The number of furan rings is 3. The quantitative estimate of drug-likeness (QED) is 0.161. The molecule has 1 saturated carbocycles. The second-order valence-corrected chi connectivity index (χ2v) is 23.3. The van der Waals surface area contributed by atoms with Gasteiger partial charge in [-0.2, -0.15) is 0 Å². The Balaban J connectivity index is 1.21. The molecule has 3 aliphatic heterocycles. The minimum absolute atomic E-state index is 0.0361. The van der Waals surface area contributed by atoms with Crippen molar-refractivity contribution in [3.8, 4) is 11.5 Å². The highest BCUT2D eigenvalue weighted by atomic mass is 16.5. The summed E-state index contributed by atoms with van der Waals surface area (Å²) < 4.78 is 163. The van der Waals surface area contributed by atoms with Crippen LogP contribution in [0.3, 0.4) is 0 Å². The van der Waals surface area contributed by atoms with Crippen LogP contribution < -0.4 is 31.1 Å². The van der Waals surface area contributed by atoms with Crippen molar-refractivity contribution in [3.05, 3.63) is 119 Å². The van der Waals surface area contributed by atoms with Gasteiger partial charge >= 0.3 is 6.71 Å². The first-order chi connectivity index (χ1) is 37.8. The SMILES string of the molecule is [2H]c1c([2H])c([2H])c2c(c1[2H])N(c1cc3c4c(c1[2H])Oc1c(oc5c1C(C)(C)CCC5(C)C)B4c1c(c([2H])c4c5c(oc4c1[2H])C(C)(C)CCC5(C)C)N3c1c([2H])c([2H])c3oc4c([2H])c([2H])c([2H])c([2H])c4c3c1[2H])C1(C)CCCCC21C. The molecule has 7 heteroatoms. The Labute approximate surface area is 414 Å². The van der Waals surface area contributed by atoms with Gasteiger partial charge in [0, 0.05) is 83.5 Å². The lowest BCUT2D eigenvalue weighted by atomic mass is 9.36. The zero-order chi connectivity index (χ0) is 58.1. The number of rotatable bonds is 2. The highest BCUT2D eigenvalue weighted by Crippen LogP contribution is 2.62. The number of anilines is 5. The second kappa shape index (κ2) is 12.6. The fourth-order valence-corrected chi connectivity index (χ4v) is 13.3. The molecule has 0 bridgehead atoms. The summed E-state index contributed by atoms with van der Waals surface area (Å²) in [7, 11) is 0. The summed E-state index contributed by atoms with van der Waals surface area (Å²) in [5.41, 5.74) is -1.16. The number of hydrogen-bond acceptors (Lipinski definition) is 6. The number of ether oxygens (including phenoxy) is 1. The molecule has 8 aromatic rings. The average molecular weight is 899 g/mol. The third-order valence-corrected chi connectivity index (χ3v) is 17.5. The third-order valence-electron chi connectivity index (χ3n) is 17.5. The van der Waals surface area contributed by atoms with E-state index in [0.29, 0.717) is 52.2 Å². The first-order valence-electron chi connectivity index (χ1n) is 31.0. The van der Waals surface area contributed by atoms with E-state index in [1.807, 2.05) is 18.7 Å². The Bertz CT molecular complexity index is 4310. The highest BCUT2D eigenvalue weighted by Gasteiger charge is 2.59. The van der Waals surface area contributed by atoms with E-state index in [1.54, 1.807) is 6.07 Å². The van der Waals surface area contributed by atoms with Crippen molar-refractivity contribution in [2.45, 2.75) is 153 Å². The highest BCUT2D eigenvalue weighted by molar-refractivity contribution is 6.98. The van der Waals surface area contributed by atoms with Gasteiger partial charge in [0.2, 0.25) is 0 Å². The molecule has 3 aliphatic carbocycles. The van der Waals surface area contributed by atoms with Crippen molar-refractivity contribution in [2.24, 2.45) is 0 Å². The summed E-state index contributed by atoms with van der Waals surface area (Å²) in [6.45, 7) is 19.9. The lowest BCUT2D eigenvalue weighted by molar-refractivity contribution is 0.195. The van der Waals surface area contributed by atoms with Gasteiger partial charge in [0.05, 0.1) is 24.7 Å². The van der Waals surface area contributed by atoms with E-state index >= 15 is 0 Å². The molecule has 338 valence electrons. The van der Waals surface area contributed by atoms with E-state index in [9.17, 15) is 12.3 Å². The maximum absolute atomic E-state index is 10.9.